The number of ketones is 1. The highest BCUT2D eigenvalue weighted by Crippen LogP contribution is 2.16. The SMILES string of the molecule is CCCCCCn1nc(C(=O)OCC(=O)c2c(N)n(Cc3ccccc3)c(=O)n(C)c2=O)c2ccccc2c1=O. The van der Waals surface area contributed by atoms with E-state index in [0.29, 0.717) is 23.7 Å². The zero-order valence-electron chi connectivity index (χ0n) is 22.5. The van der Waals surface area contributed by atoms with Gasteiger partial charge in [0.1, 0.15) is 11.4 Å². The molecule has 0 atom stereocenters. The number of hydrogen-bond acceptors (Lipinski definition) is 8. The van der Waals surface area contributed by atoms with Crippen molar-refractivity contribution >= 4 is 28.3 Å². The second-order valence-corrected chi connectivity index (χ2v) is 9.46. The molecular formula is C29H31N5O6. The molecule has 0 radical (unpaired) electrons. The first-order valence-corrected chi connectivity index (χ1v) is 13.1. The normalized spacial score (nSPS) is 11.1. The maximum Gasteiger partial charge on any atom is 0.359 e. The van der Waals surface area contributed by atoms with Crippen molar-refractivity contribution in [3.8, 4) is 0 Å². The summed E-state index contributed by atoms with van der Waals surface area (Å²) < 4.78 is 8.42. The number of benzene rings is 2. The zero-order valence-corrected chi connectivity index (χ0v) is 22.5. The molecule has 0 bridgehead atoms. The Morgan fingerprint density at radius 2 is 1.57 bits per heavy atom. The number of ether oxygens (including phenoxy) is 1. The minimum atomic E-state index is -0.931. The second-order valence-electron chi connectivity index (χ2n) is 9.46. The van der Waals surface area contributed by atoms with Gasteiger partial charge in [0.25, 0.3) is 11.1 Å². The van der Waals surface area contributed by atoms with Gasteiger partial charge < -0.3 is 10.5 Å². The number of anilines is 1. The second kappa shape index (κ2) is 12.4. The van der Waals surface area contributed by atoms with E-state index in [0.717, 1.165) is 34.0 Å². The molecule has 40 heavy (non-hydrogen) atoms. The number of unbranched alkanes of at least 4 members (excludes halogenated alkanes) is 3. The maximum absolute atomic E-state index is 13.1. The molecule has 11 nitrogen and oxygen atoms in total. The highest BCUT2D eigenvalue weighted by molar-refractivity contribution is 6.05. The Balaban J connectivity index is 1.61. The highest BCUT2D eigenvalue weighted by atomic mass is 16.5. The number of esters is 1. The van der Waals surface area contributed by atoms with Crippen molar-refractivity contribution in [1.82, 2.24) is 18.9 Å². The Labute approximate surface area is 229 Å². The van der Waals surface area contributed by atoms with Crippen molar-refractivity contribution in [3.63, 3.8) is 0 Å². The number of aryl methyl sites for hydroxylation is 1. The molecule has 0 aliphatic heterocycles. The summed E-state index contributed by atoms with van der Waals surface area (Å²) in [6.45, 7) is 1.64. The van der Waals surface area contributed by atoms with Gasteiger partial charge in [-0.2, -0.15) is 5.10 Å². The van der Waals surface area contributed by atoms with Crippen molar-refractivity contribution in [2.45, 2.75) is 45.7 Å². The fourth-order valence-corrected chi connectivity index (χ4v) is 4.46. The van der Waals surface area contributed by atoms with Gasteiger partial charge in [0.05, 0.1) is 11.9 Å². The zero-order chi connectivity index (χ0) is 28.8. The van der Waals surface area contributed by atoms with Crippen LogP contribution in [0.1, 0.15) is 59.0 Å². The summed E-state index contributed by atoms with van der Waals surface area (Å²) >= 11 is 0. The summed E-state index contributed by atoms with van der Waals surface area (Å²) in [5, 5.41) is 4.85. The van der Waals surface area contributed by atoms with Gasteiger partial charge in [0.2, 0.25) is 5.78 Å². The van der Waals surface area contributed by atoms with Gasteiger partial charge in [-0.3, -0.25) is 23.5 Å². The predicted octanol–water partition coefficient (Wildman–Crippen LogP) is 2.51. The molecule has 2 aromatic carbocycles. The van der Waals surface area contributed by atoms with Crippen LogP contribution in [0.25, 0.3) is 10.8 Å². The molecule has 0 fully saturated rings. The number of hydrogen-bond donors (Lipinski definition) is 1. The first-order valence-electron chi connectivity index (χ1n) is 13.1. The Morgan fingerprint density at radius 1 is 0.900 bits per heavy atom. The van der Waals surface area contributed by atoms with Gasteiger partial charge in [0, 0.05) is 19.0 Å². The van der Waals surface area contributed by atoms with Crippen LogP contribution in [0.4, 0.5) is 5.82 Å². The topological polar surface area (TPSA) is 148 Å². The molecule has 0 spiro atoms. The Hall–Kier alpha value is -4.80. The third-order valence-corrected chi connectivity index (χ3v) is 6.66. The lowest BCUT2D eigenvalue weighted by atomic mass is 10.1. The molecule has 2 aromatic heterocycles. The van der Waals surface area contributed by atoms with E-state index in [-0.39, 0.29) is 23.6 Å². The number of fused-ring (bicyclic) bond motifs is 1. The Kier molecular flexibility index (Phi) is 8.73. The first-order chi connectivity index (χ1) is 19.2. The van der Waals surface area contributed by atoms with Gasteiger partial charge in [-0.25, -0.2) is 14.3 Å². The van der Waals surface area contributed by atoms with Crippen LogP contribution in [0.5, 0.6) is 0 Å². The van der Waals surface area contributed by atoms with E-state index in [1.54, 1.807) is 48.5 Å². The minimum Gasteiger partial charge on any atom is -0.452 e. The number of rotatable bonds is 11. The van der Waals surface area contributed by atoms with Crippen LogP contribution in [0.3, 0.4) is 0 Å². The monoisotopic (exact) mass is 545 g/mol. The summed E-state index contributed by atoms with van der Waals surface area (Å²) in [5.41, 5.74) is 4.41. The van der Waals surface area contributed by atoms with Crippen LogP contribution >= 0.6 is 0 Å². The fourth-order valence-electron chi connectivity index (χ4n) is 4.46. The van der Waals surface area contributed by atoms with E-state index in [1.807, 2.05) is 6.07 Å². The molecule has 2 N–H and O–H groups in total. The van der Waals surface area contributed by atoms with Crippen molar-refractivity contribution in [3.05, 3.63) is 103 Å². The van der Waals surface area contributed by atoms with Crippen LogP contribution < -0.4 is 22.5 Å². The molecule has 0 amide bonds. The quantitative estimate of drug-likeness (QED) is 0.172. The van der Waals surface area contributed by atoms with Crippen molar-refractivity contribution in [2.24, 2.45) is 7.05 Å². The lowest BCUT2D eigenvalue weighted by Crippen LogP contribution is -2.43. The highest BCUT2D eigenvalue weighted by Gasteiger charge is 2.24. The molecular weight excluding hydrogens is 514 g/mol. The van der Waals surface area contributed by atoms with Crippen LogP contribution in [0, 0.1) is 0 Å². The number of carbonyl (C=O) groups is 2. The van der Waals surface area contributed by atoms with E-state index in [9.17, 15) is 24.0 Å². The van der Waals surface area contributed by atoms with E-state index in [1.165, 1.54) is 11.7 Å². The van der Waals surface area contributed by atoms with Crippen LogP contribution in [-0.2, 0) is 24.9 Å². The summed E-state index contributed by atoms with van der Waals surface area (Å²) in [5.74, 6) is -2.12. The van der Waals surface area contributed by atoms with Crippen LogP contribution in [-0.4, -0.2) is 37.3 Å². The predicted molar refractivity (Wildman–Crippen MR) is 151 cm³/mol. The summed E-state index contributed by atoms with van der Waals surface area (Å²) in [6, 6.07) is 15.5. The van der Waals surface area contributed by atoms with Gasteiger partial charge >= 0.3 is 11.7 Å². The fraction of sp³-hybridized carbons (Fsp3) is 0.310. The smallest absolute Gasteiger partial charge is 0.359 e. The molecule has 2 heterocycles. The van der Waals surface area contributed by atoms with Crippen LogP contribution in [0.2, 0.25) is 0 Å². The Bertz CT molecular complexity index is 1740. The Morgan fingerprint density at radius 3 is 2.27 bits per heavy atom. The average molecular weight is 546 g/mol. The summed E-state index contributed by atoms with van der Waals surface area (Å²) in [7, 11) is 1.24. The lowest BCUT2D eigenvalue weighted by molar-refractivity contribution is 0.0468. The van der Waals surface area contributed by atoms with E-state index in [2.05, 4.69) is 12.0 Å². The first kappa shape index (κ1) is 28.2. The number of aromatic nitrogens is 4. The molecule has 0 aliphatic carbocycles. The molecule has 0 aliphatic rings. The minimum absolute atomic E-state index is 0.0371. The maximum atomic E-state index is 13.1. The molecule has 0 saturated carbocycles. The third kappa shape index (κ3) is 5.78. The van der Waals surface area contributed by atoms with Crippen molar-refractivity contribution < 1.29 is 14.3 Å². The van der Waals surface area contributed by atoms with Crippen molar-refractivity contribution in [2.75, 3.05) is 12.3 Å². The molecule has 0 saturated heterocycles. The van der Waals surface area contributed by atoms with Gasteiger partial charge in [-0.15, -0.1) is 0 Å². The van der Waals surface area contributed by atoms with Gasteiger partial charge in [0.15, 0.2) is 12.3 Å². The number of Topliss-reactive ketones (excluding diaryl/α,β-unsaturated/α-hetero) is 1. The largest absolute Gasteiger partial charge is 0.452 e. The number of nitrogen functional groups attached to an aromatic ring is 1. The molecule has 0 unspecified atom stereocenters. The summed E-state index contributed by atoms with van der Waals surface area (Å²) in [4.78, 5) is 64.7. The van der Waals surface area contributed by atoms with E-state index < -0.39 is 35.2 Å². The molecule has 11 heteroatoms. The molecule has 208 valence electrons. The van der Waals surface area contributed by atoms with Crippen LogP contribution in [0.15, 0.2) is 69.0 Å². The molecule has 4 rings (SSSR count). The van der Waals surface area contributed by atoms with E-state index in [4.69, 9.17) is 10.5 Å². The van der Waals surface area contributed by atoms with Gasteiger partial charge in [-0.1, -0.05) is 74.7 Å². The van der Waals surface area contributed by atoms with Crippen molar-refractivity contribution in [1.29, 1.82) is 0 Å². The third-order valence-electron chi connectivity index (χ3n) is 6.66. The molecule has 4 aromatic rings. The number of nitrogens with two attached hydrogens (primary N) is 1. The number of nitrogens with zero attached hydrogens (tertiary/aromatic N) is 4. The standard InChI is InChI=1S/C29H31N5O6/c1-3-4-5-11-16-34-26(36)21-15-10-9-14-20(21)24(31-34)28(38)40-18-22(35)23-25(30)33(29(39)32(2)27(23)37)17-19-12-7-6-8-13-19/h6-10,12-15H,3-5,11,16-18,30H2,1-2H3. The average Bonchev–Trinajstić information content (AvgIpc) is 2.97. The number of carbonyl (C=O) groups excluding carboxylic acids is 2. The van der Waals surface area contributed by atoms with E-state index >= 15 is 0 Å². The lowest BCUT2D eigenvalue weighted by Gasteiger charge is -2.15. The van der Waals surface area contributed by atoms with Gasteiger partial charge in [-0.05, 0) is 18.1 Å². The summed E-state index contributed by atoms with van der Waals surface area (Å²) in [6.07, 6.45) is 3.67.